The second-order valence-corrected chi connectivity index (χ2v) is 8.96. The number of aromatic nitrogens is 1. The van der Waals surface area contributed by atoms with E-state index in [1.54, 1.807) is 30.3 Å². The molecule has 3 N–H and O–H groups in total. The standard InChI is InChI=1S/C24H21N5O7/c1-35-13-3-2-12-10-28(20(31)14(12)8-13)11-24(22(33)26-23(34)27-24)18-9-15-17(36-18)4-5-19(25-15)29-7-6-16(30)21(29)32/h2-5,8-9,16,30H,6-7,10-11H2,1H3,(H2,26,27,33,34)/t16-,24-/m0/s1. The molecular weight excluding hydrogens is 470 g/mol. The number of aliphatic hydroxyl groups is 1. The highest BCUT2D eigenvalue weighted by molar-refractivity contribution is 6.08. The summed E-state index contributed by atoms with van der Waals surface area (Å²) in [7, 11) is 1.51. The Kier molecular flexibility index (Phi) is 4.76. The largest absolute Gasteiger partial charge is 0.497 e. The first-order chi connectivity index (χ1) is 17.3. The molecule has 2 atom stereocenters. The summed E-state index contributed by atoms with van der Waals surface area (Å²) in [5, 5.41) is 14.6. The number of hydrogen-bond donors (Lipinski definition) is 3. The number of fused-ring (bicyclic) bond motifs is 2. The number of pyridine rings is 1. The Morgan fingerprint density at radius 3 is 2.72 bits per heavy atom. The molecule has 0 unspecified atom stereocenters. The molecule has 5 heterocycles. The number of benzene rings is 1. The van der Waals surface area contributed by atoms with Crippen molar-refractivity contribution >= 4 is 40.7 Å². The number of rotatable bonds is 5. The van der Waals surface area contributed by atoms with E-state index >= 15 is 0 Å². The molecule has 2 saturated heterocycles. The first-order valence-electron chi connectivity index (χ1n) is 11.3. The lowest BCUT2D eigenvalue weighted by molar-refractivity contribution is -0.125. The van der Waals surface area contributed by atoms with Crippen molar-refractivity contribution in [1.82, 2.24) is 20.5 Å². The fourth-order valence-electron chi connectivity index (χ4n) is 4.90. The lowest BCUT2D eigenvalue weighted by Crippen LogP contribution is -2.52. The summed E-state index contributed by atoms with van der Waals surface area (Å²) in [4.78, 5) is 58.0. The molecule has 1 aromatic carbocycles. The molecule has 6 rings (SSSR count). The fraction of sp³-hybridized carbons (Fsp3) is 0.292. The van der Waals surface area contributed by atoms with Crippen LogP contribution in [0.15, 0.2) is 40.8 Å². The lowest BCUT2D eigenvalue weighted by atomic mass is 9.95. The van der Waals surface area contributed by atoms with Crippen LogP contribution in [0.25, 0.3) is 11.1 Å². The maximum atomic E-state index is 13.2. The highest BCUT2D eigenvalue weighted by Gasteiger charge is 2.53. The average Bonchev–Trinajstić information content (AvgIpc) is 3.59. The minimum atomic E-state index is -1.68. The van der Waals surface area contributed by atoms with E-state index in [-0.39, 0.29) is 24.8 Å². The van der Waals surface area contributed by atoms with Gasteiger partial charge in [0.2, 0.25) is 0 Å². The van der Waals surface area contributed by atoms with Gasteiger partial charge in [-0.2, -0.15) is 0 Å². The predicted molar refractivity (Wildman–Crippen MR) is 123 cm³/mol. The van der Waals surface area contributed by atoms with Gasteiger partial charge < -0.3 is 24.5 Å². The van der Waals surface area contributed by atoms with Crippen LogP contribution in [0, 0.1) is 0 Å². The Morgan fingerprint density at radius 1 is 1.19 bits per heavy atom. The van der Waals surface area contributed by atoms with E-state index in [2.05, 4.69) is 15.6 Å². The monoisotopic (exact) mass is 491 g/mol. The highest BCUT2D eigenvalue weighted by atomic mass is 16.5. The Bertz CT molecular complexity index is 1470. The fourth-order valence-corrected chi connectivity index (χ4v) is 4.90. The van der Waals surface area contributed by atoms with Crippen LogP contribution in [-0.4, -0.2) is 65.0 Å². The van der Waals surface area contributed by atoms with Gasteiger partial charge in [0.15, 0.2) is 11.1 Å². The van der Waals surface area contributed by atoms with Crippen molar-refractivity contribution in [1.29, 1.82) is 0 Å². The van der Waals surface area contributed by atoms with Gasteiger partial charge in [0.1, 0.15) is 28.9 Å². The summed E-state index contributed by atoms with van der Waals surface area (Å²) in [5.41, 5.74) is 0.233. The van der Waals surface area contributed by atoms with Gasteiger partial charge in [-0.15, -0.1) is 0 Å². The quantitative estimate of drug-likeness (QED) is 0.439. The van der Waals surface area contributed by atoms with Crippen LogP contribution >= 0.6 is 0 Å². The van der Waals surface area contributed by atoms with Crippen molar-refractivity contribution in [2.45, 2.75) is 24.6 Å². The third-order valence-electron chi connectivity index (χ3n) is 6.80. The Hall–Kier alpha value is -4.45. The van der Waals surface area contributed by atoms with E-state index in [1.165, 1.54) is 23.0 Å². The Morgan fingerprint density at radius 2 is 2.03 bits per heavy atom. The summed E-state index contributed by atoms with van der Waals surface area (Å²) in [6, 6.07) is 9.16. The zero-order valence-corrected chi connectivity index (χ0v) is 19.1. The lowest BCUT2D eigenvalue weighted by Gasteiger charge is -2.28. The molecule has 2 aromatic heterocycles. The second kappa shape index (κ2) is 7.78. The minimum absolute atomic E-state index is 0.0969. The van der Waals surface area contributed by atoms with Crippen LogP contribution < -0.4 is 20.3 Å². The van der Waals surface area contributed by atoms with Crippen molar-refractivity contribution in [2.75, 3.05) is 25.1 Å². The molecule has 0 spiro atoms. The van der Waals surface area contributed by atoms with Crippen molar-refractivity contribution in [3.05, 3.63) is 53.3 Å². The molecule has 3 aliphatic rings. The summed E-state index contributed by atoms with van der Waals surface area (Å²) in [5.74, 6) is -0.433. The van der Waals surface area contributed by atoms with Gasteiger partial charge in [-0.1, -0.05) is 6.07 Å². The average molecular weight is 491 g/mol. The van der Waals surface area contributed by atoms with E-state index < -0.39 is 29.5 Å². The number of amides is 5. The van der Waals surface area contributed by atoms with Crippen LogP contribution in [0.4, 0.5) is 10.6 Å². The number of furan rings is 1. The third kappa shape index (κ3) is 3.22. The van der Waals surface area contributed by atoms with E-state index in [1.807, 2.05) is 0 Å². The van der Waals surface area contributed by atoms with Crippen molar-refractivity contribution in [3.63, 3.8) is 0 Å². The number of anilines is 1. The Labute approximate surface area is 203 Å². The van der Waals surface area contributed by atoms with Crippen LogP contribution in [0.3, 0.4) is 0 Å². The van der Waals surface area contributed by atoms with Gasteiger partial charge in [0.05, 0.1) is 13.7 Å². The highest BCUT2D eigenvalue weighted by Crippen LogP contribution is 2.35. The van der Waals surface area contributed by atoms with Crippen molar-refractivity contribution in [3.8, 4) is 5.75 Å². The van der Waals surface area contributed by atoms with E-state index in [0.29, 0.717) is 41.2 Å². The van der Waals surface area contributed by atoms with E-state index in [4.69, 9.17) is 9.15 Å². The number of nitrogens with zero attached hydrogens (tertiary/aromatic N) is 3. The summed E-state index contributed by atoms with van der Waals surface area (Å²) < 4.78 is 11.2. The third-order valence-corrected chi connectivity index (χ3v) is 6.80. The molecule has 12 heteroatoms. The number of hydrogen-bond acceptors (Lipinski definition) is 8. The van der Waals surface area contributed by atoms with Crippen LogP contribution in [0.2, 0.25) is 0 Å². The SMILES string of the molecule is COc1ccc2c(c1)C(=O)N(C[C@@]1(c3cc4nc(N5CC[C@H](O)C5=O)ccc4o3)NC(=O)NC1=O)C2. The van der Waals surface area contributed by atoms with Gasteiger partial charge in [0, 0.05) is 31.1 Å². The maximum Gasteiger partial charge on any atom is 0.322 e. The smallest absolute Gasteiger partial charge is 0.322 e. The number of methoxy groups -OCH3 is 1. The molecule has 3 aliphatic heterocycles. The molecule has 0 saturated carbocycles. The molecule has 0 aliphatic carbocycles. The van der Waals surface area contributed by atoms with Gasteiger partial charge in [-0.3, -0.25) is 24.6 Å². The molecule has 184 valence electrons. The van der Waals surface area contributed by atoms with Crippen LogP contribution in [0.5, 0.6) is 5.75 Å². The first-order valence-corrected chi connectivity index (χ1v) is 11.3. The van der Waals surface area contributed by atoms with Gasteiger partial charge in [0.25, 0.3) is 17.7 Å². The van der Waals surface area contributed by atoms with Crippen molar-refractivity contribution < 1.29 is 33.4 Å². The van der Waals surface area contributed by atoms with Crippen LogP contribution in [-0.2, 0) is 21.7 Å². The number of ether oxygens (including phenoxy) is 1. The zero-order valence-electron chi connectivity index (χ0n) is 19.1. The number of carbonyl (C=O) groups excluding carboxylic acids is 4. The van der Waals surface area contributed by atoms with Crippen molar-refractivity contribution in [2.24, 2.45) is 0 Å². The first kappa shape index (κ1) is 22.0. The van der Waals surface area contributed by atoms with Gasteiger partial charge in [-0.05, 0) is 29.8 Å². The molecule has 12 nitrogen and oxygen atoms in total. The second-order valence-electron chi connectivity index (χ2n) is 8.96. The van der Waals surface area contributed by atoms with E-state index in [0.717, 1.165) is 5.56 Å². The summed E-state index contributed by atoms with van der Waals surface area (Å²) in [6.07, 6.45) is -0.757. The van der Waals surface area contributed by atoms with E-state index in [9.17, 15) is 24.3 Å². The van der Waals surface area contributed by atoms with Gasteiger partial charge in [-0.25, -0.2) is 9.78 Å². The normalized spacial score (nSPS) is 23.4. The molecule has 0 radical (unpaired) electrons. The molecule has 2 fully saturated rings. The predicted octanol–water partition coefficient (Wildman–Crippen LogP) is 0.625. The molecule has 3 aromatic rings. The number of imide groups is 1. The summed E-state index contributed by atoms with van der Waals surface area (Å²) >= 11 is 0. The van der Waals surface area contributed by atoms with Gasteiger partial charge >= 0.3 is 6.03 Å². The number of aliphatic hydroxyl groups excluding tert-OH is 1. The number of carbonyl (C=O) groups is 4. The maximum absolute atomic E-state index is 13.2. The minimum Gasteiger partial charge on any atom is -0.497 e. The zero-order chi connectivity index (χ0) is 25.2. The topological polar surface area (TPSA) is 154 Å². The Balaban J connectivity index is 1.36. The van der Waals surface area contributed by atoms with Crippen LogP contribution in [0.1, 0.15) is 28.1 Å². The molecular formula is C24H21N5O7. The number of urea groups is 1. The molecule has 36 heavy (non-hydrogen) atoms. The molecule has 5 amide bonds. The number of nitrogens with one attached hydrogen (secondary N) is 2. The summed E-state index contributed by atoms with van der Waals surface area (Å²) in [6.45, 7) is 0.392. The molecule has 0 bridgehead atoms.